The molecule has 2 aromatic carbocycles. The van der Waals surface area contributed by atoms with Crippen molar-refractivity contribution in [2.45, 2.75) is 13.0 Å². The molecular weight excluding hydrogens is 430 g/mol. The quantitative estimate of drug-likeness (QED) is 0.627. The SMILES string of the molecule is COc1cc2c(cc1OC)C1=NOC(CN3CCN(CC=Cc4ccccc4C)CC3)C1CO2. The normalized spacial score (nSPS) is 22.5. The summed E-state index contributed by atoms with van der Waals surface area (Å²) in [5.74, 6) is 2.22. The van der Waals surface area contributed by atoms with Crippen molar-refractivity contribution in [3.05, 3.63) is 59.2 Å². The van der Waals surface area contributed by atoms with E-state index in [-0.39, 0.29) is 12.0 Å². The van der Waals surface area contributed by atoms with Crippen LogP contribution in [0.2, 0.25) is 0 Å². The van der Waals surface area contributed by atoms with Crippen LogP contribution < -0.4 is 14.2 Å². The molecule has 0 saturated carbocycles. The van der Waals surface area contributed by atoms with E-state index in [0.717, 1.165) is 56.3 Å². The summed E-state index contributed by atoms with van der Waals surface area (Å²) in [6, 6.07) is 12.3. The smallest absolute Gasteiger partial charge is 0.164 e. The Morgan fingerprint density at radius 3 is 2.53 bits per heavy atom. The Hall–Kier alpha value is -3.03. The minimum atomic E-state index is 0.00347. The molecule has 5 rings (SSSR count). The predicted molar refractivity (Wildman–Crippen MR) is 133 cm³/mol. The number of nitrogens with zero attached hydrogens (tertiary/aromatic N) is 3. The standard InChI is InChI=1S/C27H33N3O4/c1-19-7-4-5-8-20(19)9-6-10-29-11-13-30(14-12-29)17-26-22-18-33-23-16-25(32-3)24(31-2)15-21(23)27(22)28-34-26/h4-9,15-16,22,26H,10-14,17-18H2,1-3H3. The second-order valence-electron chi connectivity index (χ2n) is 9.10. The van der Waals surface area contributed by atoms with E-state index < -0.39 is 0 Å². The first-order chi connectivity index (χ1) is 16.7. The van der Waals surface area contributed by atoms with Gasteiger partial charge in [0.2, 0.25) is 0 Å². The van der Waals surface area contributed by atoms with Gasteiger partial charge in [0.25, 0.3) is 0 Å². The largest absolute Gasteiger partial charge is 0.493 e. The summed E-state index contributed by atoms with van der Waals surface area (Å²) in [4.78, 5) is 10.9. The van der Waals surface area contributed by atoms with Gasteiger partial charge in [0.05, 0.1) is 20.1 Å². The fraction of sp³-hybridized carbons (Fsp3) is 0.444. The lowest BCUT2D eigenvalue weighted by molar-refractivity contribution is 0.0103. The van der Waals surface area contributed by atoms with Crippen LogP contribution in [0.25, 0.3) is 6.08 Å². The fourth-order valence-corrected chi connectivity index (χ4v) is 4.91. The molecule has 2 unspecified atom stereocenters. The summed E-state index contributed by atoms with van der Waals surface area (Å²) >= 11 is 0. The molecule has 2 atom stereocenters. The van der Waals surface area contributed by atoms with Crippen molar-refractivity contribution >= 4 is 11.8 Å². The number of aryl methyl sites for hydroxylation is 1. The van der Waals surface area contributed by atoms with Gasteiger partial charge in [-0.15, -0.1) is 0 Å². The molecule has 3 aliphatic rings. The van der Waals surface area contributed by atoms with Crippen LogP contribution in [-0.4, -0.2) is 81.7 Å². The summed E-state index contributed by atoms with van der Waals surface area (Å²) in [5.41, 5.74) is 4.49. The van der Waals surface area contributed by atoms with Crippen molar-refractivity contribution in [2.24, 2.45) is 11.1 Å². The molecule has 180 valence electrons. The van der Waals surface area contributed by atoms with Gasteiger partial charge in [-0.2, -0.15) is 0 Å². The van der Waals surface area contributed by atoms with Crippen LogP contribution in [-0.2, 0) is 4.84 Å². The third-order valence-electron chi connectivity index (χ3n) is 7.02. The van der Waals surface area contributed by atoms with Crippen molar-refractivity contribution in [2.75, 3.05) is 60.1 Å². The molecule has 7 heteroatoms. The van der Waals surface area contributed by atoms with Gasteiger partial charge in [0.1, 0.15) is 18.1 Å². The van der Waals surface area contributed by atoms with Gasteiger partial charge in [0.15, 0.2) is 17.6 Å². The van der Waals surface area contributed by atoms with Crippen LogP contribution in [0.3, 0.4) is 0 Å². The Morgan fingerprint density at radius 1 is 1.03 bits per heavy atom. The Morgan fingerprint density at radius 2 is 1.76 bits per heavy atom. The monoisotopic (exact) mass is 463 g/mol. The van der Waals surface area contributed by atoms with Gasteiger partial charge in [-0.3, -0.25) is 9.80 Å². The van der Waals surface area contributed by atoms with Crippen molar-refractivity contribution in [3.63, 3.8) is 0 Å². The Kier molecular flexibility index (Phi) is 6.74. The van der Waals surface area contributed by atoms with Gasteiger partial charge in [-0.05, 0) is 24.1 Å². The van der Waals surface area contributed by atoms with E-state index in [4.69, 9.17) is 19.0 Å². The van der Waals surface area contributed by atoms with Crippen LogP contribution >= 0.6 is 0 Å². The molecule has 0 aromatic heterocycles. The highest BCUT2D eigenvalue weighted by molar-refractivity contribution is 6.06. The number of oxime groups is 1. The Labute approximate surface area is 201 Å². The lowest BCUT2D eigenvalue weighted by Gasteiger charge is -2.36. The predicted octanol–water partition coefficient (Wildman–Crippen LogP) is 3.45. The molecule has 7 nitrogen and oxygen atoms in total. The fourth-order valence-electron chi connectivity index (χ4n) is 4.91. The number of hydrogen-bond acceptors (Lipinski definition) is 7. The first-order valence-electron chi connectivity index (χ1n) is 12.0. The molecular formula is C27H33N3O4. The Balaban J connectivity index is 1.14. The molecule has 0 radical (unpaired) electrons. The third kappa shape index (κ3) is 4.63. The number of piperazine rings is 1. The zero-order valence-electron chi connectivity index (χ0n) is 20.2. The third-order valence-corrected chi connectivity index (χ3v) is 7.02. The van der Waals surface area contributed by atoms with Crippen molar-refractivity contribution in [1.82, 2.24) is 9.80 Å². The van der Waals surface area contributed by atoms with Crippen molar-refractivity contribution in [1.29, 1.82) is 0 Å². The van der Waals surface area contributed by atoms with E-state index >= 15 is 0 Å². The van der Waals surface area contributed by atoms with E-state index in [1.807, 2.05) is 12.1 Å². The van der Waals surface area contributed by atoms with E-state index in [1.54, 1.807) is 14.2 Å². The molecule has 0 spiro atoms. The molecule has 1 saturated heterocycles. The number of benzene rings is 2. The molecule has 34 heavy (non-hydrogen) atoms. The van der Waals surface area contributed by atoms with Gasteiger partial charge in [-0.1, -0.05) is 41.6 Å². The number of fused-ring (bicyclic) bond motifs is 3. The van der Waals surface area contributed by atoms with Gasteiger partial charge >= 0.3 is 0 Å². The molecule has 3 aliphatic heterocycles. The van der Waals surface area contributed by atoms with Crippen molar-refractivity contribution in [3.8, 4) is 17.2 Å². The maximum Gasteiger partial charge on any atom is 0.164 e. The zero-order valence-corrected chi connectivity index (χ0v) is 20.2. The second kappa shape index (κ2) is 10.1. The van der Waals surface area contributed by atoms with Crippen LogP contribution in [0.4, 0.5) is 0 Å². The molecule has 3 heterocycles. The number of hydrogen-bond donors (Lipinski definition) is 0. The van der Waals surface area contributed by atoms with Crippen LogP contribution in [0.1, 0.15) is 16.7 Å². The summed E-state index contributed by atoms with van der Waals surface area (Å²) in [5, 5.41) is 4.46. The van der Waals surface area contributed by atoms with E-state index in [1.165, 1.54) is 11.1 Å². The van der Waals surface area contributed by atoms with Gasteiger partial charge in [-0.25, -0.2) is 0 Å². The first kappa shape index (κ1) is 22.7. The van der Waals surface area contributed by atoms with Gasteiger partial charge < -0.3 is 19.0 Å². The minimum absolute atomic E-state index is 0.00347. The lowest BCUT2D eigenvalue weighted by atomic mass is 9.90. The second-order valence-corrected chi connectivity index (χ2v) is 9.10. The molecule has 1 fully saturated rings. The zero-order chi connectivity index (χ0) is 23.5. The number of methoxy groups -OCH3 is 2. The highest BCUT2D eigenvalue weighted by Crippen LogP contribution is 2.40. The van der Waals surface area contributed by atoms with Crippen LogP contribution in [0.15, 0.2) is 47.6 Å². The first-order valence-corrected chi connectivity index (χ1v) is 12.0. The topological polar surface area (TPSA) is 55.8 Å². The molecule has 2 aromatic rings. The van der Waals surface area contributed by atoms with E-state index in [2.05, 4.69) is 58.3 Å². The molecule has 0 amide bonds. The van der Waals surface area contributed by atoms with Crippen LogP contribution in [0, 0.1) is 12.8 Å². The van der Waals surface area contributed by atoms with E-state index in [0.29, 0.717) is 18.1 Å². The van der Waals surface area contributed by atoms with E-state index in [9.17, 15) is 0 Å². The summed E-state index contributed by atoms with van der Waals surface area (Å²) in [7, 11) is 3.27. The minimum Gasteiger partial charge on any atom is -0.493 e. The number of rotatable bonds is 7. The summed E-state index contributed by atoms with van der Waals surface area (Å²) in [6.07, 6.45) is 4.51. The Bertz CT molecular complexity index is 1080. The lowest BCUT2D eigenvalue weighted by Crippen LogP contribution is -2.50. The highest BCUT2D eigenvalue weighted by Gasteiger charge is 2.41. The molecule has 0 aliphatic carbocycles. The van der Waals surface area contributed by atoms with Gasteiger partial charge in [0, 0.05) is 50.9 Å². The summed E-state index contributed by atoms with van der Waals surface area (Å²) < 4.78 is 17.0. The van der Waals surface area contributed by atoms with Crippen molar-refractivity contribution < 1.29 is 19.0 Å². The average molecular weight is 464 g/mol. The van der Waals surface area contributed by atoms with Crippen LogP contribution in [0.5, 0.6) is 17.2 Å². The molecule has 0 N–H and O–H groups in total. The average Bonchev–Trinajstić information content (AvgIpc) is 3.28. The summed E-state index contributed by atoms with van der Waals surface area (Å²) in [6.45, 7) is 8.73. The molecule has 0 bridgehead atoms. The number of ether oxygens (including phenoxy) is 3. The maximum absolute atomic E-state index is 6.07. The highest BCUT2D eigenvalue weighted by atomic mass is 16.6. The maximum atomic E-state index is 6.07.